The van der Waals surface area contributed by atoms with Crippen molar-refractivity contribution >= 4 is 17.2 Å². The number of carbonyl (C=O) groups excluding carboxylic acids is 1. The lowest BCUT2D eigenvalue weighted by molar-refractivity contribution is 0.106. The van der Waals surface area contributed by atoms with Crippen molar-refractivity contribution in [2.45, 2.75) is 6.92 Å². The molecule has 0 saturated carbocycles. The van der Waals surface area contributed by atoms with Crippen LogP contribution in [0.15, 0.2) is 95.1 Å². The molecule has 3 aromatic carbocycles. The van der Waals surface area contributed by atoms with Crippen LogP contribution in [0.1, 0.15) is 28.4 Å². The number of carbonyl (C=O) groups is 1. The smallest absolute Gasteiger partial charge is 0.213 e. The Morgan fingerprint density at radius 3 is 1.81 bits per heavy atom. The maximum Gasteiger partial charge on any atom is 0.213 e. The lowest BCUT2D eigenvalue weighted by Gasteiger charge is -2.06. The van der Waals surface area contributed by atoms with Crippen molar-refractivity contribution in [3.63, 3.8) is 0 Å². The Labute approximate surface area is 158 Å². The van der Waals surface area contributed by atoms with Gasteiger partial charge in [-0.3, -0.25) is 4.79 Å². The number of ketones is 1. The Bertz CT molecular complexity index is 960. The second-order valence-electron chi connectivity index (χ2n) is 5.92. The summed E-state index contributed by atoms with van der Waals surface area (Å²) >= 11 is 0. The summed E-state index contributed by atoms with van der Waals surface area (Å²) in [5, 5.41) is 8.63. The largest absolute Gasteiger partial charge is 0.497 e. The van der Waals surface area contributed by atoms with E-state index in [1.165, 1.54) is 0 Å². The van der Waals surface area contributed by atoms with E-state index in [1.54, 1.807) is 19.2 Å². The maximum absolute atomic E-state index is 13.0. The van der Waals surface area contributed by atoms with Crippen LogP contribution in [0.2, 0.25) is 0 Å². The topological polar surface area (TPSA) is 51.0 Å². The molecule has 3 rings (SSSR count). The van der Waals surface area contributed by atoms with Crippen LogP contribution in [-0.4, -0.2) is 24.3 Å². The van der Waals surface area contributed by atoms with E-state index in [1.807, 2.05) is 79.7 Å². The molecule has 0 atom stereocenters. The predicted molar refractivity (Wildman–Crippen MR) is 109 cm³/mol. The van der Waals surface area contributed by atoms with E-state index < -0.39 is 0 Å². The predicted octanol–water partition coefficient (Wildman–Crippen LogP) is 4.79. The highest BCUT2D eigenvalue weighted by Crippen LogP contribution is 2.13. The van der Waals surface area contributed by atoms with Crippen molar-refractivity contribution in [2.75, 3.05) is 7.11 Å². The normalized spacial score (nSPS) is 11.9. The van der Waals surface area contributed by atoms with E-state index in [0.29, 0.717) is 17.0 Å². The van der Waals surface area contributed by atoms with Crippen molar-refractivity contribution in [1.29, 1.82) is 0 Å². The number of ether oxygens (including phenoxy) is 1. The summed E-state index contributed by atoms with van der Waals surface area (Å²) in [5.41, 5.74) is 3.26. The first kappa shape index (κ1) is 18.3. The standard InChI is InChI=1S/C23H20N2O2/c1-17(18-13-15-21(27-2)16-14-18)24-25-22(19-9-5-3-6-10-19)23(26)20-11-7-4-8-12-20/h3-16H,1-2H3. The lowest BCUT2D eigenvalue weighted by Crippen LogP contribution is -2.15. The molecule has 0 saturated heterocycles. The fourth-order valence-electron chi connectivity index (χ4n) is 2.57. The molecule has 0 aromatic heterocycles. The van der Waals surface area contributed by atoms with Crippen LogP contribution >= 0.6 is 0 Å². The van der Waals surface area contributed by atoms with Crippen molar-refractivity contribution in [3.05, 3.63) is 102 Å². The zero-order valence-electron chi connectivity index (χ0n) is 15.3. The van der Waals surface area contributed by atoms with E-state index in [2.05, 4.69) is 10.2 Å². The third-order valence-corrected chi connectivity index (χ3v) is 4.11. The summed E-state index contributed by atoms with van der Waals surface area (Å²) in [7, 11) is 1.63. The van der Waals surface area contributed by atoms with E-state index in [0.717, 1.165) is 16.9 Å². The van der Waals surface area contributed by atoms with Gasteiger partial charge in [0.2, 0.25) is 5.78 Å². The van der Waals surface area contributed by atoms with E-state index in [4.69, 9.17) is 4.74 Å². The fraction of sp³-hybridized carbons (Fsp3) is 0.0870. The number of rotatable bonds is 6. The quantitative estimate of drug-likeness (QED) is 0.362. The molecular formula is C23H20N2O2. The Kier molecular flexibility index (Phi) is 5.90. The molecule has 27 heavy (non-hydrogen) atoms. The number of methoxy groups -OCH3 is 1. The third-order valence-electron chi connectivity index (χ3n) is 4.11. The van der Waals surface area contributed by atoms with Gasteiger partial charge in [-0.15, -0.1) is 5.10 Å². The van der Waals surface area contributed by atoms with Gasteiger partial charge in [-0.25, -0.2) is 0 Å². The molecule has 0 aliphatic heterocycles. The van der Waals surface area contributed by atoms with Crippen LogP contribution in [-0.2, 0) is 0 Å². The van der Waals surface area contributed by atoms with Crippen LogP contribution in [0.3, 0.4) is 0 Å². The molecule has 0 unspecified atom stereocenters. The first-order valence-corrected chi connectivity index (χ1v) is 8.61. The Morgan fingerprint density at radius 1 is 0.704 bits per heavy atom. The molecule has 0 aliphatic carbocycles. The molecular weight excluding hydrogens is 336 g/mol. The van der Waals surface area contributed by atoms with Crippen molar-refractivity contribution in [3.8, 4) is 5.75 Å². The fourth-order valence-corrected chi connectivity index (χ4v) is 2.57. The molecule has 4 nitrogen and oxygen atoms in total. The summed E-state index contributed by atoms with van der Waals surface area (Å²) in [6.45, 7) is 1.86. The molecule has 3 aromatic rings. The molecule has 134 valence electrons. The minimum absolute atomic E-state index is 0.159. The highest BCUT2D eigenvalue weighted by molar-refractivity contribution is 6.51. The first-order valence-electron chi connectivity index (χ1n) is 8.61. The number of hydrogen-bond acceptors (Lipinski definition) is 4. The molecule has 0 spiro atoms. The van der Waals surface area contributed by atoms with Gasteiger partial charge >= 0.3 is 0 Å². The monoisotopic (exact) mass is 356 g/mol. The van der Waals surface area contributed by atoms with Crippen LogP contribution in [0.5, 0.6) is 5.75 Å². The van der Waals surface area contributed by atoms with Crippen LogP contribution in [0.4, 0.5) is 0 Å². The number of benzene rings is 3. The highest BCUT2D eigenvalue weighted by Gasteiger charge is 2.16. The number of Topliss-reactive ketones (excluding diaryl/α,β-unsaturated/α-hetero) is 1. The SMILES string of the molecule is COc1ccc(C(C)=NN=C(C(=O)c2ccccc2)c2ccccc2)cc1. The summed E-state index contributed by atoms with van der Waals surface area (Å²) in [4.78, 5) is 13.0. The van der Waals surface area contributed by atoms with Crippen LogP contribution in [0.25, 0.3) is 0 Å². The maximum atomic E-state index is 13.0. The van der Waals surface area contributed by atoms with Gasteiger partial charge in [0, 0.05) is 11.1 Å². The van der Waals surface area contributed by atoms with Crippen LogP contribution < -0.4 is 4.74 Å². The average molecular weight is 356 g/mol. The summed E-state index contributed by atoms with van der Waals surface area (Å²) < 4.78 is 5.17. The van der Waals surface area contributed by atoms with Gasteiger partial charge in [-0.1, -0.05) is 60.7 Å². The summed E-state index contributed by atoms with van der Waals surface area (Å²) in [6.07, 6.45) is 0. The summed E-state index contributed by atoms with van der Waals surface area (Å²) in [6, 6.07) is 26.0. The second-order valence-corrected chi connectivity index (χ2v) is 5.92. The molecule has 0 N–H and O–H groups in total. The molecule has 0 bridgehead atoms. The van der Waals surface area contributed by atoms with Gasteiger partial charge in [-0.2, -0.15) is 5.10 Å². The van der Waals surface area contributed by atoms with Gasteiger partial charge < -0.3 is 4.74 Å². The lowest BCUT2D eigenvalue weighted by atomic mass is 10.0. The summed E-state index contributed by atoms with van der Waals surface area (Å²) in [5.74, 6) is 0.618. The number of nitrogens with zero attached hydrogens (tertiary/aromatic N) is 2. The molecule has 0 amide bonds. The third kappa shape index (κ3) is 4.55. The second kappa shape index (κ2) is 8.72. The van der Waals surface area contributed by atoms with Crippen molar-refractivity contribution in [2.24, 2.45) is 10.2 Å². The zero-order chi connectivity index (χ0) is 19.1. The van der Waals surface area contributed by atoms with E-state index in [-0.39, 0.29) is 5.78 Å². The molecule has 4 heteroatoms. The van der Waals surface area contributed by atoms with Gasteiger partial charge in [0.05, 0.1) is 12.8 Å². The Hall–Kier alpha value is -3.53. The van der Waals surface area contributed by atoms with Gasteiger partial charge in [-0.05, 0) is 36.8 Å². The molecule has 0 aliphatic rings. The van der Waals surface area contributed by atoms with Gasteiger partial charge in [0.25, 0.3) is 0 Å². The Morgan fingerprint density at radius 2 is 1.26 bits per heavy atom. The van der Waals surface area contributed by atoms with Gasteiger partial charge in [0.15, 0.2) is 0 Å². The Balaban J connectivity index is 1.98. The molecule has 0 radical (unpaired) electrons. The first-order chi connectivity index (χ1) is 13.2. The molecule has 0 fully saturated rings. The van der Waals surface area contributed by atoms with E-state index in [9.17, 15) is 4.79 Å². The van der Waals surface area contributed by atoms with E-state index >= 15 is 0 Å². The highest BCUT2D eigenvalue weighted by atomic mass is 16.5. The minimum Gasteiger partial charge on any atom is -0.497 e. The zero-order valence-corrected chi connectivity index (χ0v) is 15.3. The molecule has 0 heterocycles. The van der Waals surface area contributed by atoms with Crippen molar-refractivity contribution in [1.82, 2.24) is 0 Å². The average Bonchev–Trinajstić information content (AvgIpc) is 2.75. The minimum atomic E-state index is -0.159. The van der Waals surface area contributed by atoms with Gasteiger partial charge in [0.1, 0.15) is 11.5 Å². The van der Waals surface area contributed by atoms with Crippen molar-refractivity contribution < 1.29 is 9.53 Å². The van der Waals surface area contributed by atoms with Crippen LogP contribution in [0, 0.1) is 0 Å². The number of hydrogen-bond donors (Lipinski definition) is 0.